The van der Waals surface area contributed by atoms with Crippen LogP contribution in [0.4, 0.5) is 0 Å². The van der Waals surface area contributed by atoms with E-state index in [0.717, 1.165) is 35.7 Å². The molecule has 3 rings (SSSR count). The first kappa shape index (κ1) is 85.5. The van der Waals surface area contributed by atoms with E-state index in [0.29, 0.717) is 18.9 Å². The summed E-state index contributed by atoms with van der Waals surface area (Å²) in [6, 6.07) is -1.99. The number of cyclic esters (lactones) is 1. The third-order valence-corrected chi connectivity index (χ3v) is 19.1. The molecule has 98 heavy (non-hydrogen) atoms. The molecule has 10 amide bonds. The largest absolute Gasteiger partial charge is 0.450 e. The van der Waals surface area contributed by atoms with Crippen LogP contribution < -0.4 is 21.3 Å². The van der Waals surface area contributed by atoms with E-state index in [1.807, 2.05) is 87.4 Å². The summed E-state index contributed by atoms with van der Waals surface area (Å²) >= 11 is 0. The van der Waals surface area contributed by atoms with Crippen LogP contribution in [0.3, 0.4) is 0 Å². The van der Waals surface area contributed by atoms with Crippen molar-refractivity contribution in [3.05, 3.63) is 35.9 Å². The van der Waals surface area contributed by atoms with Gasteiger partial charge in [-0.05, 0) is 144 Å². The first-order valence-corrected chi connectivity index (χ1v) is 35.7. The second kappa shape index (κ2) is 39.3. The van der Waals surface area contributed by atoms with Crippen molar-refractivity contribution in [2.75, 3.05) is 68.5 Å². The molecule has 0 aromatic heterocycles. The highest BCUT2D eigenvalue weighted by Gasteiger charge is 2.46. The Morgan fingerprint density at radius 2 is 0.908 bits per heavy atom. The number of hydrogen-bond acceptors (Lipinski definition) is 15. The number of likely N-dealkylation sites (tertiary alicyclic amines) is 1. The molecule has 0 unspecified atom stereocenters. The zero-order valence-electron chi connectivity index (χ0n) is 63.4. The topological polar surface area (TPSA) is 308 Å². The average Bonchev–Trinajstić information content (AvgIpc) is 0.806. The SMILES string of the molecule is CC(C)C[C@@H]1NC(=O)[C@H](CC(C)C)N(C)C(=O)CN(C)C(=O)[C@H]([C@@H](C)O)NC(=O)[C@H]([C@H](O)[C@H](C)CCN2CCC(c3ccccc3)CC2)N(C)C(=O)[C@H](C(C)C)N(C)C(=O)[C@@H](CC(C)C)NC(=O)[C@H](CC(C)C)N(C)C(=O)[C@@H](C(C)C)OC(=O)[C@H](C)NC(=O)[C@H](CC(C)C)N(C)C1=O. The van der Waals surface area contributed by atoms with E-state index in [2.05, 4.69) is 38.3 Å². The van der Waals surface area contributed by atoms with Crippen molar-refractivity contribution in [2.24, 2.45) is 47.3 Å². The highest BCUT2D eigenvalue weighted by Crippen LogP contribution is 2.30. The number of carbonyl (C=O) groups excluding carboxylic acids is 11. The van der Waals surface area contributed by atoms with Crippen molar-refractivity contribution in [1.29, 1.82) is 0 Å². The molecule has 2 fully saturated rings. The van der Waals surface area contributed by atoms with Crippen molar-refractivity contribution in [3.63, 3.8) is 0 Å². The van der Waals surface area contributed by atoms with Gasteiger partial charge < -0.3 is 70.5 Å². The molecule has 1 aromatic rings. The number of amides is 10. The summed E-state index contributed by atoms with van der Waals surface area (Å²) in [5.41, 5.74) is 1.27. The molecule has 0 aliphatic carbocycles. The number of aliphatic hydroxyl groups is 2. The standard InChI is InChI=1S/C73H125N11O14/c1-41(2)35-53-68(92)80(20)56(38-44(7)8)64(88)74-49(16)73(97)98-63(47(13)14)72(96)81(21)57(39-45(9)10)66(90)76-54(36-42(3)4)69(93)82(22)60(46(11)12)71(95)83(23)61(62(87)48(15)29-32-84-33-30-52(31-34-84)51-27-25-24-26-28-51)67(91)77-59(50(17)85)70(94)78(18)40-58(86)79(19)55(37-43(5)6)65(89)75-53/h24-28,41-50,52-57,59-63,85,87H,29-40H2,1-23H3,(H,74,88)(H,75,89)(H,76,90)(H,77,91)/t48-,49+,50-,53+,54-,55+,56+,57+,59+,60+,61+,62-,63-/m1/s1. The number of carbonyl (C=O) groups is 11. The number of benzene rings is 1. The lowest BCUT2D eigenvalue weighted by Gasteiger charge is -2.40. The zero-order valence-corrected chi connectivity index (χ0v) is 63.4. The smallest absolute Gasteiger partial charge is 0.329 e. The van der Waals surface area contributed by atoms with Crippen molar-refractivity contribution in [1.82, 2.24) is 55.6 Å². The lowest BCUT2D eigenvalue weighted by molar-refractivity contribution is -0.166. The summed E-state index contributed by atoms with van der Waals surface area (Å²) in [5.74, 6) is -11.1. The molecule has 1 aromatic carbocycles. The molecule has 25 heteroatoms. The Hall–Kier alpha value is -6.73. The highest BCUT2D eigenvalue weighted by molar-refractivity contribution is 5.99. The molecule has 2 heterocycles. The Labute approximate surface area is 585 Å². The highest BCUT2D eigenvalue weighted by atomic mass is 16.6. The molecule has 13 atom stereocenters. The normalized spacial score (nSPS) is 26.4. The molecule has 2 aliphatic heterocycles. The number of aliphatic hydroxyl groups excluding tert-OH is 2. The molecule has 2 aliphatic rings. The van der Waals surface area contributed by atoms with Gasteiger partial charge in [-0.25, -0.2) is 4.79 Å². The van der Waals surface area contributed by atoms with E-state index in [1.54, 1.807) is 34.6 Å². The quantitative estimate of drug-likeness (QED) is 0.103. The second-order valence-corrected chi connectivity index (χ2v) is 30.8. The first-order chi connectivity index (χ1) is 45.5. The van der Waals surface area contributed by atoms with Crippen molar-refractivity contribution >= 4 is 65.0 Å². The fraction of sp³-hybridized carbons (Fsp3) is 0.767. The van der Waals surface area contributed by atoms with E-state index in [-0.39, 0.29) is 61.7 Å². The first-order valence-electron chi connectivity index (χ1n) is 35.7. The predicted molar refractivity (Wildman–Crippen MR) is 377 cm³/mol. The summed E-state index contributed by atoms with van der Waals surface area (Å²) in [7, 11) is 8.23. The summed E-state index contributed by atoms with van der Waals surface area (Å²) in [4.78, 5) is 172. The Morgan fingerprint density at radius 3 is 1.35 bits per heavy atom. The Morgan fingerprint density at radius 1 is 0.480 bits per heavy atom. The van der Waals surface area contributed by atoms with E-state index in [4.69, 9.17) is 4.74 Å². The van der Waals surface area contributed by atoms with Crippen LogP contribution in [-0.4, -0.2) is 251 Å². The van der Waals surface area contributed by atoms with Crippen LogP contribution in [0.15, 0.2) is 30.3 Å². The third-order valence-electron chi connectivity index (χ3n) is 19.1. The Balaban J connectivity index is 2.31. The van der Waals surface area contributed by atoms with Gasteiger partial charge in [-0.3, -0.25) is 47.9 Å². The molecular formula is C73H125N11O14. The van der Waals surface area contributed by atoms with Gasteiger partial charge in [-0.1, -0.05) is 134 Å². The third kappa shape index (κ3) is 24.6. The van der Waals surface area contributed by atoms with Gasteiger partial charge in [-0.15, -0.1) is 0 Å². The maximum Gasteiger partial charge on any atom is 0.329 e. The number of nitrogens with zero attached hydrogens (tertiary/aromatic N) is 7. The number of piperidine rings is 1. The minimum Gasteiger partial charge on any atom is -0.450 e. The van der Waals surface area contributed by atoms with Gasteiger partial charge >= 0.3 is 5.97 Å². The van der Waals surface area contributed by atoms with Crippen LogP contribution in [0.2, 0.25) is 0 Å². The fourth-order valence-corrected chi connectivity index (χ4v) is 13.1. The van der Waals surface area contributed by atoms with Crippen LogP contribution in [0, 0.1) is 47.3 Å². The summed E-state index contributed by atoms with van der Waals surface area (Å²) in [5, 5.41) is 35.1. The molecule has 0 radical (unpaired) electrons. The van der Waals surface area contributed by atoms with Gasteiger partial charge in [0.2, 0.25) is 53.2 Å². The lowest BCUT2D eigenvalue weighted by Crippen LogP contribution is -2.64. The Bertz CT molecular complexity index is 2810. The van der Waals surface area contributed by atoms with Crippen LogP contribution in [-0.2, 0) is 57.5 Å². The number of likely N-dealkylation sites (N-methyl/N-ethyl adjacent to an activating group) is 6. The summed E-state index contributed by atoms with van der Waals surface area (Å²) in [6.45, 7) is 31.1. The van der Waals surface area contributed by atoms with Gasteiger partial charge in [0.05, 0.1) is 18.8 Å². The zero-order chi connectivity index (χ0) is 74.7. The van der Waals surface area contributed by atoms with Crippen molar-refractivity contribution in [3.8, 4) is 0 Å². The lowest BCUT2D eigenvalue weighted by atomic mass is 9.88. The minimum atomic E-state index is -1.76. The summed E-state index contributed by atoms with van der Waals surface area (Å²) < 4.78 is 5.93. The molecule has 25 nitrogen and oxygen atoms in total. The monoisotopic (exact) mass is 1380 g/mol. The molecule has 6 N–H and O–H groups in total. The van der Waals surface area contributed by atoms with Crippen LogP contribution in [0.5, 0.6) is 0 Å². The van der Waals surface area contributed by atoms with Crippen LogP contribution in [0.1, 0.15) is 181 Å². The van der Waals surface area contributed by atoms with E-state index >= 15 is 14.4 Å². The van der Waals surface area contributed by atoms with Gasteiger partial charge in [-0.2, -0.15) is 0 Å². The molecule has 2 saturated heterocycles. The minimum absolute atomic E-state index is 0.0793. The Kier molecular flexibility index (Phi) is 34.3. The molecule has 0 spiro atoms. The van der Waals surface area contributed by atoms with Gasteiger partial charge in [0, 0.05) is 42.3 Å². The molecular weight excluding hydrogens is 1250 g/mol. The van der Waals surface area contributed by atoms with E-state index in [9.17, 15) is 48.6 Å². The van der Waals surface area contributed by atoms with E-state index in [1.165, 1.54) is 81.3 Å². The number of nitrogens with one attached hydrogen (secondary N) is 4. The second-order valence-electron chi connectivity index (χ2n) is 30.8. The van der Waals surface area contributed by atoms with E-state index < -0.39 is 162 Å². The number of esters is 1. The number of ether oxygens (including phenoxy) is 1. The van der Waals surface area contributed by atoms with Gasteiger partial charge in [0.1, 0.15) is 54.4 Å². The number of rotatable bonds is 19. The van der Waals surface area contributed by atoms with Gasteiger partial charge in [0.25, 0.3) is 5.91 Å². The number of hydrogen-bond donors (Lipinski definition) is 6. The van der Waals surface area contributed by atoms with Crippen molar-refractivity contribution < 1.29 is 67.7 Å². The predicted octanol–water partition coefficient (Wildman–Crippen LogP) is 4.65. The maximum atomic E-state index is 15.5. The fourth-order valence-electron chi connectivity index (χ4n) is 13.1. The molecule has 0 saturated carbocycles. The van der Waals surface area contributed by atoms with Crippen molar-refractivity contribution in [2.45, 2.75) is 248 Å². The maximum absolute atomic E-state index is 15.5. The average molecular weight is 1380 g/mol. The molecule has 556 valence electrons. The van der Waals surface area contributed by atoms with Crippen LogP contribution in [0.25, 0.3) is 0 Å². The van der Waals surface area contributed by atoms with Gasteiger partial charge in [0.15, 0.2) is 6.10 Å². The molecule has 0 bridgehead atoms. The summed E-state index contributed by atoms with van der Waals surface area (Å²) in [6.07, 6.45) is -1.95. The van der Waals surface area contributed by atoms with Crippen LogP contribution >= 0.6 is 0 Å².